The van der Waals surface area contributed by atoms with Crippen molar-refractivity contribution in [3.05, 3.63) is 22.7 Å². The van der Waals surface area contributed by atoms with Crippen molar-refractivity contribution >= 4 is 11.6 Å². The molecule has 2 aliphatic heterocycles. The molecule has 1 aromatic rings. The summed E-state index contributed by atoms with van der Waals surface area (Å²) in [5.74, 6) is 1.40. The molecule has 2 heterocycles. The van der Waals surface area contributed by atoms with Crippen LogP contribution in [0.25, 0.3) is 0 Å². The normalized spacial score (nSPS) is 25.6. The number of benzene rings is 1. The van der Waals surface area contributed by atoms with Crippen LogP contribution < -0.4 is 14.8 Å². The summed E-state index contributed by atoms with van der Waals surface area (Å²) >= 11 is 6.21. The van der Waals surface area contributed by atoms with Gasteiger partial charge in [0.15, 0.2) is 11.5 Å². The van der Waals surface area contributed by atoms with Crippen molar-refractivity contribution in [2.24, 2.45) is 0 Å². The summed E-state index contributed by atoms with van der Waals surface area (Å²) < 4.78 is 16.6. The van der Waals surface area contributed by atoms with Crippen molar-refractivity contribution in [1.82, 2.24) is 5.32 Å². The predicted molar refractivity (Wildman–Crippen MR) is 73.1 cm³/mol. The lowest BCUT2D eigenvalue weighted by Gasteiger charge is -2.21. The highest BCUT2D eigenvalue weighted by Gasteiger charge is 2.24. The lowest BCUT2D eigenvalue weighted by molar-refractivity contribution is 0.113. The van der Waals surface area contributed by atoms with Gasteiger partial charge < -0.3 is 19.5 Å². The molecule has 2 atom stereocenters. The quantitative estimate of drug-likeness (QED) is 0.925. The first-order chi connectivity index (χ1) is 9.24. The number of ether oxygens (including phenoxy) is 3. The van der Waals surface area contributed by atoms with Gasteiger partial charge in [0, 0.05) is 19.2 Å². The molecule has 0 aromatic heterocycles. The fourth-order valence-corrected chi connectivity index (χ4v) is 2.80. The monoisotopic (exact) mass is 283 g/mol. The molecule has 2 aliphatic rings. The standard InChI is InChI=1S/C14H18ClNO3/c1-9-12(2-3-17-9)16-8-10-6-11(15)14-13(7-10)18-4-5-19-14/h6-7,9,12,16H,2-5,8H2,1H3. The van der Waals surface area contributed by atoms with Crippen molar-refractivity contribution in [3.63, 3.8) is 0 Å². The Balaban J connectivity index is 1.69. The number of nitrogens with one attached hydrogen (secondary N) is 1. The van der Waals surface area contributed by atoms with Gasteiger partial charge in [0.05, 0.1) is 11.1 Å². The summed E-state index contributed by atoms with van der Waals surface area (Å²) in [6.07, 6.45) is 1.33. The zero-order valence-electron chi connectivity index (χ0n) is 10.9. The maximum atomic E-state index is 6.21. The van der Waals surface area contributed by atoms with Crippen molar-refractivity contribution < 1.29 is 14.2 Å². The van der Waals surface area contributed by atoms with Crippen LogP contribution in [-0.2, 0) is 11.3 Å². The number of hydrogen-bond acceptors (Lipinski definition) is 4. The second-order valence-electron chi connectivity index (χ2n) is 4.95. The van der Waals surface area contributed by atoms with Crippen LogP contribution in [0.5, 0.6) is 11.5 Å². The average Bonchev–Trinajstić information content (AvgIpc) is 2.82. The minimum atomic E-state index is 0.271. The Bertz CT molecular complexity index is 466. The van der Waals surface area contributed by atoms with Crippen LogP contribution in [0.1, 0.15) is 18.9 Å². The molecular formula is C14H18ClNO3. The SMILES string of the molecule is CC1OCCC1NCc1cc(Cl)c2c(c1)OCCO2. The van der Waals surface area contributed by atoms with Crippen LogP contribution in [0.4, 0.5) is 0 Å². The van der Waals surface area contributed by atoms with E-state index >= 15 is 0 Å². The van der Waals surface area contributed by atoms with Gasteiger partial charge in [-0.3, -0.25) is 0 Å². The van der Waals surface area contributed by atoms with Gasteiger partial charge in [-0.1, -0.05) is 11.6 Å². The summed E-state index contributed by atoms with van der Waals surface area (Å²) in [6.45, 7) is 4.83. The maximum absolute atomic E-state index is 6.21. The highest BCUT2D eigenvalue weighted by molar-refractivity contribution is 6.32. The van der Waals surface area contributed by atoms with E-state index in [1.54, 1.807) is 0 Å². The second-order valence-corrected chi connectivity index (χ2v) is 5.36. The van der Waals surface area contributed by atoms with Gasteiger partial charge in [-0.05, 0) is 31.0 Å². The Morgan fingerprint density at radius 3 is 2.89 bits per heavy atom. The largest absolute Gasteiger partial charge is 0.486 e. The van der Waals surface area contributed by atoms with E-state index in [4.69, 9.17) is 25.8 Å². The lowest BCUT2D eigenvalue weighted by atomic mass is 10.1. The summed E-state index contributed by atoms with van der Waals surface area (Å²) in [7, 11) is 0. The van der Waals surface area contributed by atoms with Gasteiger partial charge in [0.1, 0.15) is 13.2 Å². The van der Waals surface area contributed by atoms with Crippen LogP contribution in [0.3, 0.4) is 0 Å². The molecule has 0 aliphatic carbocycles. The van der Waals surface area contributed by atoms with Crippen molar-refractivity contribution in [2.75, 3.05) is 19.8 Å². The van der Waals surface area contributed by atoms with Gasteiger partial charge in [-0.15, -0.1) is 0 Å². The zero-order chi connectivity index (χ0) is 13.2. The molecule has 0 bridgehead atoms. The first kappa shape index (κ1) is 13.0. The molecule has 3 rings (SSSR count). The van der Waals surface area contributed by atoms with E-state index in [1.165, 1.54) is 0 Å². The molecule has 1 N–H and O–H groups in total. The third-order valence-electron chi connectivity index (χ3n) is 3.60. The maximum Gasteiger partial charge on any atom is 0.179 e. The first-order valence-electron chi connectivity index (χ1n) is 6.67. The molecule has 0 amide bonds. The fraction of sp³-hybridized carbons (Fsp3) is 0.571. The smallest absolute Gasteiger partial charge is 0.179 e. The zero-order valence-corrected chi connectivity index (χ0v) is 11.7. The number of fused-ring (bicyclic) bond motifs is 1. The molecular weight excluding hydrogens is 266 g/mol. The minimum absolute atomic E-state index is 0.271. The average molecular weight is 284 g/mol. The Hall–Kier alpha value is -0.970. The van der Waals surface area contributed by atoms with E-state index in [0.29, 0.717) is 30.0 Å². The number of hydrogen-bond donors (Lipinski definition) is 1. The molecule has 5 heteroatoms. The molecule has 104 valence electrons. The van der Waals surface area contributed by atoms with Crippen LogP contribution in [0, 0.1) is 0 Å². The number of halogens is 1. The van der Waals surface area contributed by atoms with E-state index in [0.717, 1.165) is 30.9 Å². The summed E-state index contributed by atoms with van der Waals surface area (Å²) in [6, 6.07) is 4.34. The van der Waals surface area contributed by atoms with E-state index in [-0.39, 0.29) is 6.10 Å². The summed E-state index contributed by atoms with van der Waals surface area (Å²) in [5.41, 5.74) is 1.10. The van der Waals surface area contributed by atoms with E-state index < -0.39 is 0 Å². The van der Waals surface area contributed by atoms with Gasteiger partial charge in [-0.25, -0.2) is 0 Å². The fourth-order valence-electron chi connectivity index (χ4n) is 2.52. The first-order valence-corrected chi connectivity index (χ1v) is 7.05. The molecule has 0 spiro atoms. The Labute approximate surface area is 118 Å². The van der Waals surface area contributed by atoms with Gasteiger partial charge in [0.2, 0.25) is 0 Å². The number of rotatable bonds is 3. The summed E-state index contributed by atoms with van der Waals surface area (Å²) in [4.78, 5) is 0. The van der Waals surface area contributed by atoms with Gasteiger partial charge >= 0.3 is 0 Å². The van der Waals surface area contributed by atoms with E-state index in [9.17, 15) is 0 Å². The highest BCUT2D eigenvalue weighted by atomic mass is 35.5. The Morgan fingerprint density at radius 1 is 1.26 bits per heavy atom. The van der Waals surface area contributed by atoms with Gasteiger partial charge in [-0.2, -0.15) is 0 Å². The van der Waals surface area contributed by atoms with Crippen LogP contribution in [0.15, 0.2) is 12.1 Å². The molecule has 1 fully saturated rings. The van der Waals surface area contributed by atoms with Crippen LogP contribution in [0.2, 0.25) is 5.02 Å². The Morgan fingerprint density at radius 2 is 2.11 bits per heavy atom. The topological polar surface area (TPSA) is 39.7 Å². The van der Waals surface area contributed by atoms with Gasteiger partial charge in [0.25, 0.3) is 0 Å². The van der Waals surface area contributed by atoms with Crippen molar-refractivity contribution in [1.29, 1.82) is 0 Å². The van der Waals surface area contributed by atoms with E-state index in [1.807, 2.05) is 12.1 Å². The van der Waals surface area contributed by atoms with Crippen LogP contribution >= 0.6 is 11.6 Å². The van der Waals surface area contributed by atoms with E-state index in [2.05, 4.69) is 12.2 Å². The predicted octanol–water partition coefficient (Wildman–Crippen LogP) is 2.38. The lowest BCUT2D eigenvalue weighted by Crippen LogP contribution is -2.34. The summed E-state index contributed by atoms with van der Waals surface area (Å²) in [5, 5.41) is 4.12. The minimum Gasteiger partial charge on any atom is -0.486 e. The molecule has 0 radical (unpaired) electrons. The molecule has 2 unspecified atom stereocenters. The molecule has 1 saturated heterocycles. The molecule has 1 aromatic carbocycles. The van der Waals surface area contributed by atoms with Crippen LogP contribution in [-0.4, -0.2) is 32.0 Å². The highest BCUT2D eigenvalue weighted by Crippen LogP contribution is 2.38. The molecule has 4 nitrogen and oxygen atoms in total. The third-order valence-corrected chi connectivity index (χ3v) is 3.88. The molecule has 19 heavy (non-hydrogen) atoms. The second kappa shape index (κ2) is 5.57. The molecule has 0 saturated carbocycles. The Kier molecular flexibility index (Phi) is 3.82. The van der Waals surface area contributed by atoms with Crippen molar-refractivity contribution in [3.8, 4) is 11.5 Å². The third kappa shape index (κ3) is 2.81. The van der Waals surface area contributed by atoms with Crippen molar-refractivity contribution in [2.45, 2.75) is 32.0 Å².